The molecule has 1 heterocycles. The molecule has 0 unspecified atom stereocenters. The molecule has 1 N–H and O–H groups in total. The maximum atomic E-state index is 6.17. The second-order valence-corrected chi connectivity index (χ2v) is 5.56. The van der Waals surface area contributed by atoms with Crippen LogP contribution < -0.4 is 10.1 Å². The summed E-state index contributed by atoms with van der Waals surface area (Å²) in [5.74, 6) is 1.37. The number of nitrogens with one attached hydrogen (secondary N) is 1. The fraction of sp³-hybridized carbons (Fsp3) is 0.312. The van der Waals surface area contributed by atoms with Crippen LogP contribution in [0.15, 0.2) is 36.4 Å². The topological polar surface area (TPSA) is 34.1 Å². The van der Waals surface area contributed by atoms with Crippen molar-refractivity contribution in [1.82, 2.24) is 10.3 Å². The molecule has 1 aromatic carbocycles. The molecular formula is C16H17ClN2O. The van der Waals surface area contributed by atoms with E-state index in [2.05, 4.69) is 10.3 Å². The molecule has 1 fully saturated rings. The zero-order chi connectivity index (χ0) is 13.9. The summed E-state index contributed by atoms with van der Waals surface area (Å²) in [5, 5.41) is 4.09. The average Bonchev–Trinajstić information content (AvgIpc) is 3.23. The summed E-state index contributed by atoms with van der Waals surface area (Å²) in [6, 6.07) is 12.2. The van der Waals surface area contributed by atoms with E-state index in [0.717, 1.165) is 17.0 Å². The summed E-state index contributed by atoms with van der Waals surface area (Å²) in [6.45, 7) is 2.72. The molecule has 0 spiro atoms. The molecule has 1 aliphatic rings. The van der Waals surface area contributed by atoms with Crippen LogP contribution in [0.3, 0.4) is 0 Å². The Bertz CT molecular complexity index is 611. The van der Waals surface area contributed by atoms with E-state index in [1.807, 2.05) is 37.3 Å². The third kappa shape index (κ3) is 3.50. The van der Waals surface area contributed by atoms with Crippen LogP contribution in [0, 0.1) is 6.92 Å². The van der Waals surface area contributed by atoms with Crippen LogP contribution in [0.5, 0.6) is 11.6 Å². The van der Waals surface area contributed by atoms with Gasteiger partial charge in [-0.2, -0.15) is 0 Å². The smallest absolute Gasteiger partial charge is 0.219 e. The average molecular weight is 289 g/mol. The summed E-state index contributed by atoms with van der Waals surface area (Å²) in [4.78, 5) is 4.48. The second-order valence-electron chi connectivity index (χ2n) is 5.15. The second kappa shape index (κ2) is 5.81. The first-order chi connectivity index (χ1) is 9.70. The number of halogens is 1. The lowest BCUT2D eigenvalue weighted by atomic mass is 10.2. The van der Waals surface area contributed by atoms with Crippen molar-refractivity contribution in [3.8, 4) is 11.6 Å². The van der Waals surface area contributed by atoms with Gasteiger partial charge in [0.2, 0.25) is 5.88 Å². The van der Waals surface area contributed by atoms with Gasteiger partial charge in [-0.25, -0.2) is 4.98 Å². The largest absolute Gasteiger partial charge is 0.439 e. The van der Waals surface area contributed by atoms with Gasteiger partial charge in [0, 0.05) is 18.7 Å². The van der Waals surface area contributed by atoms with Gasteiger partial charge in [-0.05, 0) is 43.5 Å². The number of rotatable bonds is 5. The number of nitrogens with zero attached hydrogens (tertiary/aromatic N) is 1. The highest BCUT2D eigenvalue weighted by Crippen LogP contribution is 2.25. The Balaban J connectivity index is 1.73. The van der Waals surface area contributed by atoms with Gasteiger partial charge in [-0.1, -0.05) is 23.7 Å². The highest BCUT2D eigenvalue weighted by atomic mass is 35.5. The third-order valence-corrected chi connectivity index (χ3v) is 3.58. The van der Waals surface area contributed by atoms with E-state index in [1.54, 1.807) is 6.07 Å². The van der Waals surface area contributed by atoms with Crippen molar-refractivity contribution in [1.29, 1.82) is 0 Å². The molecule has 2 aromatic rings. The fourth-order valence-corrected chi connectivity index (χ4v) is 2.15. The van der Waals surface area contributed by atoms with Gasteiger partial charge in [-0.15, -0.1) is 0 Å². The van der Waals surface area contributed by atoms with Crippen molar-refractivity contribution in [2.45, 2.75) is 32.4 Å². The zero-order valence-electron chi connectivity index (χ0n) is 11.4. The number of benzene rings is 1. The number of hydrogen-bond acceptors (Lipinski definition) is 3. The van der Waals surface area contributed by atoms with E-state index in [9.17, 15) is 0 Å². The quantitative estimate of drug-likeness (QED) is 0.900. The fourth-order valence-electron chi connectivity index (χ4n) is 1.97. The first-order valence-electron chi connectivity index (χ1n) is 6.84. The number of ether oxygens (including phenoxy) is 1. The third-order valence-electron chi connectivity index (χ3n) is 3.24. The van der Waals surface area contributed by atoms with Crippen molar-refractivity contribution in [3.05, 3.63) is 52.7 Å². The normalized spacial score (nSPS) is 14.3. The first-order valence-corrected chi connectivity index (χ1v) is 7.22. The molecule has 4 heteroatoms. The number of aryl methyl sites for hydroxylation is 1. The lowest BCUT2D eigenvalue weighted by Crippen LogP contribution is -2.16. The van der Waals surface area contributed by atoms with Crippen molar-refractivity contribution < 1.29 is 4.74 Å². The molecule has 1 saturated carbocycles. The Hall–Kier alpha value is -1.58. The maximum Gasteiger partial charge on any atom is 0.219 e. The Morgan fingerprint density at radius 2 is 2.15 bits per heavy atom. The molecule has 0 bridgehead atoms. The van der Waals surface area contributed by atoms with Crippen molar-refractivity contribution >= 4 is 11.6 Å². The molecule has 20 heavy (non-hydrogen) atoms. The van der Waals surface area contributed by atoms with E-state index in [-0.39, 0.29) is 0 Å². The van der Waals surface area contributed by atoms with Crippen LogP contribution >= 0.6 is 11.6 Å². The van der Waals surface area contributed by atoms with Crippen molar-refractivity contribution in [2.24, 2.45) is 0 Å². The Kier molecular flexibility index (Phi) is 3.90. The maximum absolute atomic E-state index is 6.17. The van der Waals surface area contributed by atoms with Crippen LogP contribution in [-0.4, -0.2) is 11.0 Å². The summed E-state index contributed by atoms with van der Waals surface area (Å²) < 4.78 is 5.78. The summed E-state index contributed by atoms with van der Waals surface area (Å²) in [7, 11) is 0. The summed E-state index contributed by atoms with van der Waals surface area (Å²) in [6.07, 6.45) is 2.49. The minimum Gasteiger partial charge on any atom is -0.439 e. The predicted octanol–water partition coefficient (Wildman–Crippen LogP) is 4.09. The van der Waals surface area contributed by atoms with E-state index >= 15 is 0 Å². The van der Waals surface area contributed by atoms with Gasteiger partial charge in [-0.3, -0.25) is 0 Å². The molecule has 3 rings (SSSR count). The first kappa shape index (κ1) is 13.4. The van der Waals surface area contributed by atoms with Crippen LogP contribution in [0.2, 0.25) is 5.02 Å². The van der Waals surface area contributed by atoms with Gasteiger partial charge in [0.25, 0.3) is 0 Å². The Morgan fingerprint density at radius 3 is 2.90 bits per heavy atom. The highest BCUT2D eigenvalue weighted by Gasteiger charge is 2.20. The van der Waals surface area contributed by atoms with E-state index in [0.29, 0.717) is 23.5 Å². The van der Waals surface area contributed by atoms with Crippen LogP contribution in [0.1, 0.15) is 24.1 Å². The van der Waals surface area contributed by atoms with Crippen LogP contribution in [-0.2, 0) is 6.54 Å². The monoisotopic (exact) mass is 288 g/mol. The van der Waals surface area contributed by atoms with Gasteiger partial charge >= 0.3 is 0 Å². The summed E-state index contributed by atoms with van der Waals surface area (Å²) >= 11 is 6.17. The standard InChI is InChI=1S/C16H17ClN2O/c1-11-3-2-4-13(9-11)20-16-8-7-14(17)15(19-16)10-18-12-5-6-12/h2-4,7-9,12,18H,5-6,10H2,1H3. The number of pyridine rings is 1. The molecular weight excluding hydrogens is 272 g/mol. The minimum absolute atomic E-state index is 0.576. The molecule has 0 amide bonds. The number of aromatic nitrogens is 1. The Labute approximate surface area is 123 Å². The van der Waals surface area contributed by atoms with Crippen LogP contribution in [0.25, 0.3) is 0 Å². The lowest BCUT2D eigenvalue weighted by Gasteiger charge is -2.09. The molecule has 0 saturated heterocycles. The van der Waals surface area contributed by atoms with E-state index in [4.69, 9.17) is 16.3 Å². The van der Waals surface area contributed by atoms with Crippen molar-refractivity contribution in [2.75, 3.05) is 0 Å². The molecule has 0 radical (unpaired) electrons. The summed E-state index contributed by atoms with van der Waals surface area (Å²) in [5.41, 5.74) is 2.00. The zero-order valence-corrected chi connectivity index (χ0v) is 12.2. The van der Waals surface area contributed by atoms with Gasteiger partial charge < -0.3 is 10.1 Å². The molecule has 1 aliphatic carbocycles. The van der Waals surface area contributed by atoms with Gasteiger partial charge in [0.15, 0.2) is 0 Å². The van der Waals surface area contributed by atoms with Gasteiger partial charge in [0.1, 0.15) is 5.75 Å². The Morgan fingerprint density at radius 1 is 1.30 bits per heavy atom. The molecule has 104 valence electrons. The molecule has 0 atom stereocenters. The van der Waals surface area contributed by atoms with Crippen LogP contribution in [0.4, 0.5) is 0 Å². The molecule has 0 aliphatic heterocycles. The van der Waals surface area contributed by atoms with Crippen molar-refractivity contribution in [3.63, 3.8) is 0 Å². The highest BCUT2D eigenvalue weighted by molar-refractivity contribution is 6.31. The van der Waals surface area contributed by atoms with E-state index < -0.39 is 0 Å². The lowest BCUT2D eigenvalue weighted by molar-refractivity contribution is 0.459. The SMILES string of the molecule is Cc1cccc(Oc2ccc(Cl)c(CNC3CC3)n2)c1. The molecule has 1 aromatic heterocycles. The number of hydrogen-bond donors (Lipinski definition) is 1. The van der Waals surface area contributed by atoms with E-state index in [1.165, 1.54) is 12.8 Å². The predicted molar refractivity (Wildman–Crippen MR) is 80.4 cm³/mol. The van der Waals surface area contributed by atoms with Gasteiger partial charge in [0.05, 0.1) is 10.7 Å². The minimum atomic E-state index is 0.576. The molecule has 3 nitrogen and oxygen atoms in total.